The number of hydrogen-bond acceptors (Lipinski definition) is 3. The lowest BCUT2D eigenvalue weighted by atomic mass is 9.96. The normalized spacial score (nSPS) is 13.2. The van der Waals surface area contributed by atoms with Crippen LogP contribution in [-0.4, -0.2) is 22.5 Å². The van der Waals surface area contributed by atoms with Gasteiger partial charge >= 0.3 is 0 Å². The lowest BCUT2D eigenvalue weighted by molar-refractivity contribution is 0.0903. The highest BCUT2D eigenvalue weighted by atomic mass is 16.2. The molecule has 16 heavy (non-hydrogen) atoms. The molecule has 0 bridgehead atoms. The van der Waals surface area contributed by atoms with Crippen LogP contribution in [0.5, 0.6) is 0 Å². The molecule has 1 atom stereocenters. The second-order valence-electron chi connectivity index (χ2n) is 4.41. The molecule has 0 radical (unpaired) electrons. The van der Waals surface area contributed by atoms with Crippen molar-refractivity contribution in [1.29, 1.82) is 0 Å². The molecular formula is C11H17N3O2. The van der Waals surface area contributed by atoms with Crippen LogP contribution in [-0.2, 0) is 0 Å². The van der Waals surface area contributed by atoms with Crippen LogP contribution in [0.1, 0.15) is 31.1 Å². The number of hydrogen-bond donors (Lipinski definition) is 3. The molecule has 0 saturated heterocycles. The average Bonchev–Trinajstić information content (AvgIpc) is 2.17. The standard InChI is InChI=1S/C11H17N3O2/c1-7(12)11(2,3)14-10(16)8-4-5-9(15)13-6-8/h4-7H,12H2,1-3H3,(H,13,15)(H,14,16). The van der Waals surface area contributed by atoms with Gasteiger partial charge in [0, 0.05) is 23.8 Å². The number of H-pyrrole nitrogens is 1. The van der Waals surface area contributed by atoms with E-state index in [1.54, 1.807) is 0 Å². The molecule has 88 valence electrons. The molecule has 0 aliphatic carbocycles. The Hall–Kier alpha value is -1.62. The second kappa shape index (κ2) is 4.49. The largest absolute Gasteiger partial charge is 0.346 e. The smallest absolute Gasteiger partial charge is 0.253 e. The number of pyridine rings is 1. The number of carbonyl (C=O) groups excluding carboxylic acids is 1. The number of aromatic nitrogens is 1. The zero-order valence-corrected chi connectivity index (χ0v) is 9.70. The summed E-state index contributed by atoms with van der Waals surface area (Å²) in [4.78, 5) is 25.1. The van der Waals surface area contributed by atoms with Gasteiger partial charge in [0.05, 0.1) is 5.56 Å². The lowest BCUT2D eigenvalue weighted by Gasteiger charge is -2.30. The molecule has 1 unspecified atom stereocenters. The number of nitrogens with two attached hydrogens (primary N) is 1. The first kappa shape index (κ1) is 12.4. The Balaban J connectivity index is 2.80. The Kier molecular flexibility index (Phi) is 3.49. The number of amides is 1. The van der Waals surface area contributed by atoms with Crippen LogP contribution in [0.25, 0.3) is 0 Å². The van der Waals surface area contributed by atoms with E-state index < -0.39 is 5.54 Å². The average molecular weight is 223 g/mol. The van der Waals surface area contributed by atoms with Gasteiger partial charge in [-0.25, -0.2) is 0 Å². The number of rotatable bonds is 3. The summed E-state index contributed by atoms with van der Waals surface area (Å²) >= 11 is 0. The van der Waals surface area contributed by atoms with Crippen LogP contribution in [0.4, 0.5) is 0 Å². The first-order valence-corrected chi connectivity index (χ1v) is 5.10. The van der Waals surface area contributed by atoms with Crippen molar-refractivity contribution < 1.29 is 4.79 Å². The molecule has 0 aliphatic heterocycles. The van der Waals surface area contributed by atoms with Gasteiger partial charge in [0.1, 0.15) is 0 Å². The van der Waals surface area contributed by atoms with E-state index in [0.717, 1.165) is 0 Å². The molecule has 1 rings (SSSR count). The maximum absolute atomic E-state index is 11.8. The van der Waals surface area contributed by atoms with Crippen LogP contribution in [0.2, 0.25) is 0 Å². The van der Waals surface area contributed by atoms with Crippen molar-refractivity contribution >= 4 is 5.91 Å². The fraction of sp³-hybridized carbons (Fsp3) is 0.455. The number of aromatic amines is 1. The summed E-state index contributed by atoms with van der Waals surface area (Å²) in [6.45, 7) is 5.52. The van der Waals surface area contributed by atoms with E-state index in [4.69, 9.17) is 5.73 Å². The first-order valence-electron chi connectivity index (χ1n) is 5.10. The van der Waals surface area contributed by atoms with Crippen LogP contribution in [0.3, 0.4) is 0 Å². The lowest BCUT2D eigenvalue weighted by Crippen LogP contribution is -2.54. The maximum Gasteiger partial charge on any atom is 0.253 e. The Morgan fingerprint density at radius 3 is 2.56 bits per heavy atom. The summed E-state index contributed by atoms with van der Waals surface area (Å²) in [7, 11) is 0. The summed E-state index contributed by atoms with van der Waals surface area (Å²) in [5.74, 6) is -0.251. The molecule has 0 saturated carbocycles. The summed E-state index contributed by atoms with van der Waals surface area (Å²) in [5.41, 5.74) is 5.43. The van der Waals surface area contributed by atoms with E-state index in [1.165, 1.54) is 18.3 Å². The van der Waals surface area contributed by atoms with Crippen molar-refractivity contribution in [2.75, 3.05) is 0 Å². The highest BCUT2D eigenvalue weighted by Gasteiger charge is 2.25. The SMILES string of the molecule is CC(N)C(C)(C)NC(=O)c1ccc(=O)[nH]c1. The predicted molar refractivity (Wildman–Crippen MR) is 62.3 cm³/mol. The van der Waals surface area contributed by atoms with Gasteiger partial charge in [-0.2, -0.15) is 0 Å². The van der Waals surface area contributed by atoms with Gasteiger partial charge in [-0.15, -0.1) is 0 Å². The summed E-state index contributed by atoms with van der Waals surface area (Å²) in [6, 6.07) is 2.62. The molecule has 1 amide bonds. The first-order chi connectivity index (χ1) is 7.33. The third-order valence-corrected chi connectivity index (χ3v) is 2.62. The molecule has 0 spiro atoms. The monoisotopic (exact) mass is 223 g/mol. The van der Waals surface area contributed by atoms with Gasteiger partial charge in [-0.1, -0.05) is 0 Å². The maximum atomic E-state index is 11.8. The van der Waals surface area contributed by atoms with Crippen LogP contribution < -0.4 is 16.6 Å². The Morgan fingerprint density at radius 2 is 2.12 bits per heavy atom. The van der Waals surface area contributed by atoms with Gasteiger partial charge in [0.25, 0.3) is 5.91 Å². The molecule has 1 heterocycles. The number of carbonyl (C=O) groups is 1. The molecule has 0 fully saturated rings. The minimum atomic E-state index is -0.493. The van der Waals surface area contributed by atoms with E-state index in [2.05, 4.69) is 10.3 Å². The van der Waals surface area contributed by atoms with Crippen LogP contribution in [0.15, 0.2) is 23.1 Å². The Morgan fingerprint density at radius 1 is 1.50 bits per heavy atom. The highest BCUT2D eigenvalue weighted by Crippen LogP contribution is 2.07. The van der Waals surface area contributed by atoms with Crippen molar-refractivity contribution in [3.63, 3.8) is 0 Å². The fourth-order valence-electron chi connectivity index (χ4n) is 1.03. The fourth-order valence-corrected chi connectivity index (χ4v) is 1.03. The molecular weight excluding hydrogens is 206 g/mol. The summed E-state index contributed by atoms with van der Waals surface area (Å²) < 4.78 is 0. The second-order valence-corrected chi connectivity index (χ2v) is 4.41. The van der Waals surface area contributed by atoms with E-state index >= 15 is 0 Å². The van der Waals surface area contributed by atoms with Crippen molar-refractivity contribution in [3.05, 3.63) is 34.2 Å². The number of nitrogens with one attached hydrogen (secondary N) is 2. The molecule has 0 aromatic carbocycles. The third kappa shape index (κ3) is 2.93. The quantitative estimate of drug-likeness (QED) is 0.685. The van der Waals surface area contributed by atoms with E-state index in [0.29, 0.717) is 5.56 Å². The zero-order chi connectivity index (χ0) is 12.3. The van der Waals surface area contributed by atoms with Crippen LogP contribution in [0, 0.1) is 0 Å². The minimum absolute atomic E-state index is 0.167. The molecule has 5 nitrogen and oxygen atoms in total. The molecule has 1 aromatic rings. The minimum Gasteiger partial charge on any atom is -0.346 e. The topological polar surface area (TPSA) is 88.0 Å². The van der Waals surface area contributed by atoms with Gasteiger partial charge in [0.2, 0.25) is 5.56 Å². The van der Waals surface area contributed by atoms with E-state index in [9.17, 15) is 9.59 Å². The highest BCUT2D eigenvalue weighted by molar-refractivity contribution is 5.94. The third-order valence-electron chi connectivity index (χ3n) is 2.62. The Bertz CT molecular complexity index is 415. The zero-order valence-electron chi connectivity index (χ0n) is 9.70. The Labute approximate surface area is 94.1 Å². The predicted octanol–water partition coefficient (Wildman–Crippen LogP) is 0.230. The van der Waals surface area contributed by atoms with Gasteiger partial charge in [-0.05, 0) is 26.8 Å². The summed E-state index contributed by atoms with van der Waals surface area (Å²) in [6.07, 6.45) is 1.38. The van der Waals surface area contributed by atoms with Gasteiger partial charge < -0.3 is 16.0 Å². The van der Waals surface area contributed by atoms with Gasteiger partial charge in [0.15, 0.2) is 0 Å². The van der Waals surface area contributed by atoms with Crippen molar-refractivity contribution in [2.45, 2.75) is 32.4 Å². The molecule has 5 heteroatoms. The van der Waals surface area contributed by atoms with Crippen molar-refractivity contribution in [1.82, 2.24) is 10.3 Å². The van der Waals surface area contributed by atoms with Crippen LogP contribution >= 0.6 is 0 Å². The van der Waals surface area contributed by atoms with Crippen molar-refractivity contribution in [3.8, 4) is 0 Å². The summed E-state index contributed by atoms with van der Waals surface area (Å²) in [5, 5.41) is 2.81. The molecule has 4 N–H and O–H groups in total. The molecule has 0 aliphatic rings. The van der Waals surface area contributed by atoms with Crippen molar-refractivity contribution in [2.24, 2.45) is 5.73 Å². The van der Waals surface area contributed by atoms with Gasteiger partial charge in [-0.3, -0.25) is 9.59 Å². The van der Waals surface area contributed by atoms with E-state index in [-0.39, 0.29) is 17.5 Å². The molecule has 1 aromatic heterocycles. The van der Waals surface area contributed by atoms with E-state index in [1.807, 2.05) is 20.8 Å².